The van der Waals surface area contributed by atoms with Crippen molar-refractivity contribution in [1.82, 2.24) is 5.32 Å². The fourth-order valence-electron chi connectivity index (χ4n) is 2.25. The van der Waals surface area contributed by atoms with Crippen molar-refractivity contribution in [1.29, 1.82) is 0 Å². The number of hydrogen-bond acceptors (Lipinski definition) is 2. The van der Waals surface area contributed by atoms with Crippen LogP contribution in [0.2, 0.25) is 10.0 Å². The largest absolute Gasteiger partial charge is 0.367 e. The number of rotatable bonds is 2. The summed E-state index contributed by atoms with van der Waals surface area (Å²) in [6, 6.07) is 3.98. The number of piperazine rings is 1. The van der Waals surface area contributed by atoms with E-state index in [0.717, 1.165) is 36.2 Å². The summed E-state index contributed by atoms with van der Waals surface area (Å²) >= 11 is 15.9. The lowest BCUT2D eigenvalue weighted by Crippen LogP contribution is -2.58. The highest BCUT2D eigenvalue weighted by Gasteiger charge is 2.30. The van der Waals surface area contributed by atoms with E-state index in [1.165, 1.54) is 0 Å². The number of nitrogens with one attached hydrogen (secondary N) is 1. The zero-order valence-electron chi connectivity index (χ0n) is 10.6. The minimum atomic E-state index is 0.140. The molecule has 1 atom stereocenters. The van der Waals surface area contributed by atoms with Gasteiger partial charge in [-0.15, -0.1) is 0 Å². The number of anilines is 1. The van der Waals surface area contributed by atoms with Gasteiger partial charge in [0, 0.05) is 29.6 Å². The molecule has 1 aromatic rings. The topological polar surface area (TPSA) is 15.3 Å². The van der Waals surface area contributed by atoms with Gasteiger partial charge in [0.2, 0.25) is 0 Å². The van der Waals surface area contributed by atoms with Crippen molar-refractivity contribution in [2.45, 2.75) is 25.8 Å². The number of halogens is 3. The van der Waals surface area contributed by atoms with Crippen LogP contribution in [0.1, 0.15) is 20.3 Å². The summed E-state index contributed by atoms with van der Waals surface area (Å²) in [6.45, 7) is 7.31. The van der Waals surface area contributed by atoms with Crippen LogP contribution in [-0.2, 0) is 0 Å². The van der Waals surface area contributed by atoms with Crippen LogP contribution in [0.5, 0.6) is 0 Å². The van der Waals surface area contributed by atoms with Gasteiger partial charge in [-0.1, -0.05) is 30.1 Å². The molecular formula is C13H17BrCl2N2. The van der Waals surface area contributed by atoms with Crippen LogP contribution in [0.3, 0.4) is 0 Å². The summed E-state index contributed by atoms with van der Waals surface area (Å²) < 4.78 is 0.839. The third-order valence-electron chi connectivity index (χ3n) is 3.61. The van der Waals surface area contributed by atoms with Gasteiger partial charge in [0.15, 0.2) is 0 Å². The molecule has 2 nitrogen and oxygen atoms in total. The standard InChI is InChI=1S/C13H17BrCl2N2/c1-3-13(2)8-18(7-6-17-13)10-5-4-9(14)11(15)12(10)16/h4-5,17H,3,6-8H2,1-2H3. The van der Waals surface area contributed by atoms with Crippen LogP contribution < -0.4 is 10.2 Å². The van der Waals surface area contributed by atoms with Gasteiger partial charge < -0.3 is 10.2 Å². The van der Waals surface area contributed by atoms with E-state index in [1.807, 2.05) is 12.1 Å². The molecule has 0 aliphatic carbocycles. The van der Waals surface area contributed by atoms with Crippen molar-refractivity contribution in [3.05, 3.63) is 26.7 Å². The average molecular weight is 352 g/mol. The van der Waals surface area contributed by atoms with Crippen molar-refractivity contribution in [3.8, 4) is 0 Å². The van der Waals surface area contributed by atoms with E-state index in [0.29, 0.717) is 10.0 Å². The molecule has 1 fully saturated rings. The van der Waals surface area contributed by atoms with Crippen molar-refractivity contribution in [2.75, 3.05) is 24.5 Å². The highest BCUT2D eigenvalue weighted by molar-refractivity contribution is 9.10. The third-order valence-corrected chi connectivity index (χ3v) is 5.37. The molecule has 1 unspecified atom stereocenters. The van der Waals surface area contributed by atoms with Gasteiger partial charge in [-0.3, -0.25) is 0 Å². The van der Waals surface area contributed by atoms with Crippen LogP contribution in [0.25, 0.3) is 0 Å². The highest BCUT2D eigenvalue weighted by atomic mass is 79.9. The Morgan fingerprint density at radius 1 is 1.39 bits per heavy atom. The van der Waals surface area contributed by atoms with Crippen LogP contribution in [0.15, 0.2) is 16.6 Å². The van der Waals surface area contributed by atoms with Gasteiger partial charge in [-0.25, -0.2) is 0 Å². The van der Waals surface area contributed by atoms with Crippen molar-refractivity contribution in [3.63, 3.8) is 0 Å². The predicted octanol–water partition coefficient (Wildman–Crippen LogP) is 4.33. The minimum absolute atomic E-state index is 0.140. The molecule has 0 saturated carbocycles. The van der Waals surface area contributed by atoms with Crippen LogP contribution >= 0.6 is 39.1 Å². The maximum Gasteiger partial charge on any atom is 0.0837 e. The minimum Gasteiger partial charge on any atom is -0.367 e. The van der Waals surface area contributed by atoms with Gasteiger partial charge in [0.05, 0.1) is 15.7 Å². The zero-order chi connectivity index (χ0) is 13.3. The van der Waals surface area contributed by atoms with E-state index < -0.39 is 0 Å². The first-order chi connectivity index (χ1) is 8.47. The maximum absolute atomic E-state index is 6.34. The number of nitrogens with zero attached hydrogens (tertiary/aromatic N) is 1. The summed E-state index contributed by atoms with van der Waals surface area (Å²) in [5.74, 6) is 0. The molecule has 1 aliphatic rings. The molecule has 0 bridgehead atoms. The van der Waals surface area contributed by atoms with Gasteiger partial charge >= 0.3 is 0 Å². The fourth-order valence-corrected chi connectivity index (χ4v) is 3.14. The molecular weight excluding hydrogens is 335 g/mol. The van der Waals surface area contributed by atoms with E-state index in [1.54, 1.807) is 0 Å². The Morgan fingerprint density at radius 2 is 2.11 bits per heavy atom. The first-order valence-electron chi connectivity index (χ1n) is 6.10. The molecule has 0 aromatic heterocycles. The van der Waals surface area contributed by atoms with E-state index in [-0.39, 0.29) is 5.54 Å². The summed E-state index contributed by atoms with van der Waals surface area (Å²) in [4.78, 5) is 2.31. The molecule has 1 heterocycles. The summed E-state index contributed by atoms with van der Waals surface area (Å²) in [6.07, 6.45) is 1.09. The first-order valence-corrected chi connectivity index (χ1v) is 7.65. The number of hydrogen-bond donors (Lipinski definition) is 1. The van der Waals surface area contributed by atoms with Crippen molar-refractivity contribution in [2.24, 2.45) is 0 Å². The highest BCUT2D eigenvalue weighted by Crippen LogP contribution is 2.38. The smallest absolute Gasteiger partial charge is 0.0837 e. The monoisotopic (exact) mass is 350 g/mol. The molecule has 100 valence electrons. The van der Waals surface area contributed by atoms with Gasteiger partial charge in [0.25, 0.3) is 0 Å². The SMILES string of the molecule is CCC1(C)CN(c2ccc(Br)c(Cl)c2Cl)CCN1. The zero-order valence-corrected chi connectivity index (χ0v) is 13.7. The van der Waals surface area contributed by atoms with Gasteiger partial charge in [-0.2, -0.15) is 0 Å². The first kappa shape index (κ1) is 14.4. The van der Waals surface area contributed by atoms with Crippen LogP contribution in [-0.4, -0.2) is 25.2 Å². The molecule has 0 amide bonds. The molecule has 1 saturated heterocycles. The lowest BCUT2D eigenvalue weighted by Gasteiger charge is -2.42. The van der Waals surface area contributed by atoms with Crippen molar-refractivity contribution < 1.29 is 0 Å². The average Bonchev–Trinajstić information content (AvgIpc) is 2.36. The van der Waals surface area contributed by atoms with Gasteiger partial charge in [0.1, 0.15) is 0 Å². The van der Waals surface area contributed by atoms with E-state index in [9.17, 15) is 0 Å². The summed E-state index contributed by atoms with van der Waals surface area (Å²) in [7, 11) is 0. The molecule has 18 heavy (non-hydrogen) atoms. The van der Waals surface area contributed by atoms with E-state index in [4.69, 9.17) is 23.2 Å². The Kier molecular flexibility index (Phi) is 4.48. The Bertz CT molecular complexity index is 453. The Balaban J connectivity index is 2.29. The number of benzene rings is 1. The van der Waals surface area contributed by atoms with Crippen molar-refractivity contribution >= 4 is 44.8 Å². The fraction of sp³-hybridized carbons (Fsp3) is 0.538. The molecule has 1 aromatic carbocycles. The quantitative estimate of drug-likeness (QED) is 0.797. The predicted molar refractivity (Wildman–Crippen MR) is 83.1 cm³/mol. The maximum atomic E-state index is 6.34. The molecule has 0 radical (unpaired) electrons. The second-order valence-corrected chi connectivity index (χ2v) is 6.57. The van der Waals surface area contributed by atoms with Crippen LogP contribution in [0, 0.1) is 0 Å². The lowest BCUT2D eigenvalue weighted by molar-refractivity contribution is 0.314. The molecule has 1 aliphatic heterocycles. The Hall–Kier alpha value is 0.0400. The molecule has 2 rings (SSSR count). The molecule has 1 N–H and O–H groups in total. The summed E-state index contributed by atoms with van der Waals surface area (Å²) in [5.41, 5.74) is 1.16. The molecule has 0 spiro atoms. The molecule has 5 heteroatoms. The van der Waals surface area contributed by atoms with E-state index in [2.05, 4.69) is 40.0 Å². The van der Waals surface area contributed by atoms with E-state index >= 15 is 0 Å². The lowest BCUT2D eigenvalue weighted by atomic mass is 9.95. The van der Waals surface area contributed by atoms with Gasteiger partial charge in [-0.05, 0) is 41.4 Å². The third kappa shape index (κ3) is 2.79. The Labute approximate surface area is 127 Å². The second-order valence-electron chi connectivity index (χ2n) is 4.96. The summed E-state index contributed by atoms with van der Waals surface area (Å²) in [5, 5.41) is 4.78. The second kappa shape index (κ2) is 5.58. The normalized spacial score (nSPS) is 24.4. The Morgan fingerprint density at radius 3 is 2.78 bits per heavy atom. The van der Waals surface area contributed by atoms with Crippen LogP contribution in [0.4, 0.5) is 5.69 Å².